The van der Waals surface area contributed by atoms with Crippen LogP contribution in [0.1, 0.15) is 12.8 Å². The minimum absolute atomic E-state index is 0.135. The average Bonchev–Trinajstić information content (AvgIpc) is 2.87. The van der Waals surface area contributed by atoms with Crippen LogP contribution in [0.5, 0.6) is 5.75 Å². The maximum Gasteiger partial charge on any atom is 0.259 e. The fourth-order valence-corrected chi connectivity index (χ4v) is 2.73. The fraction of sp³-hybridized carbons (Fsp3) is 0.375. The van der Waals surface area contributed by atoms with Crippen molar-refractivity contribution < 1.29 is 9.53 Å². The van der Waals surface area contributed by atoms with Crippen molar-refractivity contribution >= 4 is 17.3 Å². The van der Waals surface area contributed by atoms with Crippen molar-refractivity contribution in [3.63, 3.8) is 0 Å². The SMILES string of the molecule is COc1ccc(NCC(=O)N/N=C2/C[C@H]3CC=C[C@@H]23)cc1. The van der Waals surface area contributed by atoms with E-state index in [1.54, 1.807) is 7.11 Å². The average molecular weight is 285 g/mol. The summed E-state index contributed by atoms with van der Waals surface area (Å²) in [5, 5.41) is 7.27. The quantitative estimate of drug-likeness (QED) is 0.644. The Morgan fingerprint density at radius 3 is 2.90 bits per heavy atom. The van der Waals surface area contributed by atoms with Gasteiger partial charge in [0.25, 0.3) is 5.91 Å². The first-order valence-electron chi connectivity index (χ1n) is 7.16. The van der Waals surface area contributed by atoms with Crippen LogP contribution in [0.2, 0.25) is 0 Å². The lowest BCUT2D eigenvalue weighted by atomic mass is 9.74. The van der Waals surface area contributed by atoms with E-state index in [2.05, 4.69) is 28.0 Å². The molecule has 21 heavy (non-hydrogen) atoms. The molecule has 1 amide bonds. The Hall–Kier alpha value is -2.30. The predicted octanol–water partition coefficient (Wildman–Crippen LogP) is 2.18. The molecule has 2 aliphatic carbocycles. The van der Waals surface area contributed by atoms with Gasteiger partial charge in [-0.05, 0) is 43.0 Å². The van der Waals surface area contributed by atoms with Crippen molar-refractivity contribution in [1.82, 2.24) is 5.43 Å². The van der Waals surface area contributed by atoms with Crippen LogP contribution >= 0.6 is 0 Å². The molecule has 1 aromatic rings. The van der Waals surface area contributed by atoms with E-state index in [0.29, 0.717) is 5.92 Å². The van der Waals surface area contributed by atoms with E-state index in [-0.39, 0.29) is 12.5 Å². The van der Waals surface area contributed by atoms with E-state index in [1.165, 1.54) is 0 Å². The lowest BCUT2D eigenvalue weighted by molar-refractivity contribution is -0.119. The number of rotatable bonds is 5. The highest BCUT2D eigenvalue weighted by Crippen LogP contribution is 2.40. The lowest BCUT2D eigenvalue weighted by Crippen LogP contribution is -2.36. The maximum atomic E-state index is 11.8. The third kappa shape index (κ3) is 3.07. The number of anilines is 1. The molecule has 0 bridgehead atoms. The van der Waals surface area contributed by atoms with E-state index >= 15 is 0 Å². The number of amides is 1. The fourth-order valence-electron chi connectivity index (χ4n) is 2.73. The van der Waals surface area contributed by atoms with Gasteiger partial charge in [-0.25, -0.2) is 5.43 Å². The van der Waals surface area contributed by atoms with Gasteiger partial charge in [0.15, 0.2) is 0 Å². The molecule has 0 saturated heterocycles. The first kappa shape index (κ1) is 13.7. The first-order chi connectivity index (χ1) is 10.3. The lowest BCUT2D eigenvalue weighted by Gasteiger charge is -2.31. The molecule has 1 saturated carbocycles. The molecule has 5 heteroatoms. The van der Waals surface area contributed by atoms with Gasteiger partial charge in [0.2, 0.25) is 0 Å². The number of methoxy groups -OCH3 is 1. The highest BCUT2D eigenvalue weighted by molar-refractivity contribution is 5.95. The molecule has 2 atom stereocenters. The number of benzene rings is 1. The van der Waals surface area contributed by atoms with Gasteiger partial charge in [-0.1, -0.05) is 12.2 Å². The Bertz CT molecular complexity index is 578. The Morgan fingerprint density at radius 1 is 1.38 bits per heavy atom. The van der Waals surface area contributed by atoms with Gasteiger partial charge >= 0.3 is 0 Å². The highest BCUT2D eigenvalue weighted by Gasteiger charge is 2.37. The van der Waals surface area contributed by atoms with E-state index in [0.717, 1.165) is 35.9 Å². The van der Waals surface area contributed by atoms with E-state index in [4.69, 9.17) is 4.74 Å². The molecular formula is C16H19N3O2. The highest BCUT2D eigenvalue weighted by atomic mass is 16.5. The third-order valence-corrected chi connectivity index (χ3v) is 4.01. The smallest absolute Gasteiger partial charge is 0.259 e. The summed E-state index contributed by atoms with van der Waals surface area (Å²) < 4.78 is 5.08. The normalized spacial score (nSPS) is 24.3. The Balaban J connectivity index is 1.44. The summed E-state index contributed by atoms with van der Waals surface area (Å²) in [5.74, 6) is 1.84. The van der Waals surface area contributed by atoms with Gasteiger partial charge in [-0.15, -0.1) is 0 Å². The third-order valence-electron chi connectivity index (χ3n) is 4.01. The number of allylic oxidation sites excluding steroid dienone is 2. The van der Waals surface area contributed by atoms with Crippen LogP contribution in [0.25, 0.3) is 0 Å². The number of hydrogen-bond acceptors (Lipinski definition) is 4. The van der Waals surface area contributed by atoms with Crippen LogP contribution in [0.15, 0.2) is 41.5 Å². The zero-order chi connectivity index (χ0) is 14.7. The molecule has 0 heterocycles. The number of hydrazone groups is 1. The maximum absolute atomic E-state index is 11.8. The first-order valence-corrected chi connectivity index (χ1v) is 7.16. The molecule has 0 unspecified atom stereocenters. The van der Waals surface area contributed by atoms with Crippen LogP contribution in [0.3, 0.4) is 0 Å². The molecule has 110 valence electrons. The molecule has 2 N–H and O–H groups in total. The summed E-state index contributed by atoms with van der Waals surface area (Å²) >= 11 is 0. The summed E-state index contributed by atoms with van der Waals surface area (Å²) in [7, 11) is 1.62. The zero-order valence-electron chi connectivity index (χ0n) is 12.0. The Kier molecular flexibility index (Phi) is 3.90. The second kappa shape index (κ2) is 5.99. The minimum Gasteiger partial charge on any atom is -0.497 e. The van der Waals surface area contributed by atoms with E-state index in [1.807, 2.05) is 24.3 Å². The minimum atomic E-state index is -0.135. The number of nitrogens with one attached hydrogen (secondary N) is 2. The van der Waals surface area contributed by atoms with Crippen molar-refractivity contribution in [2.75, 3.05) is 19.0 Å². The number of nitrogens with zero attached hydrogens (tertiary/aromatic N) is 1. The zero-order valence-corrected chi connectivity index (χ0v) is 12.0. The molecule has 0 radical (unpaired) electrons. The Morgan fingerprint density at radius 2 is 2.19 bits per heavy atom. The topological polar surface area (TPSA) is 62.7 Å². The molecule has 3 rings (SSSR count). The van der Waals surface area contributed by atoms with Crippen molar-refractivity contribution in [2.24, 2.45) is 16.9 Å². The number of fused-ring (bicyclic) bond motifs is 1. The van der Waals surface area contributed by atoms with E-state index < -0.39 is 0 Å². The van der Waals surface area contributed by atoms with Crippen LogP contribution in [-0.2, 0) is 4.79 Å². The van der Waals surface area contributed by atoms with Gasteiger partial charge in [-0.2, -0.15) is 5.10 Å². The number of hydrogen-bond donors (Lipinski definition) is 2. The van der Waals surface area contributed by atoms with Gasteiger partial charge in [0, 0.05) is 17.3 Å². The molecule has 1 fully saturated rings. The summed E-state index contributed by atoms with van der Waals surface area (Å²) in [6.07, 6.45) is 6.54. The van der Waals surface area contributed by atoms with Crippen LogP contribution in [0.4, 0.5) is 5.69 Å². The second-order valence-corrected chi connectivity index (χ2v) is 5.37. The molecule has 0 aliphatic heterocycles. The summed E-state index contributed by atoms with van der Waals surface area (Å²) in [4.78, 5) is 11.8. The van der Waals surface area contributed by atoms with Gasteiger partial charge < -0.3 is 10.1 Å². The molecule has 5 nitrogen and oxygen atoms in total. The van der Waals surface area contributed by atoms with Crippen molar-refractivity contribution in [3.05, 3.63) is 36.4 Å². The van der Waals surface area contributed by atoms with Crippen molar-refractivity contribution in [3.8, 4) is 5.75 Å². The summed E-state index contributed by atoms with van der Waals surface area (Å²) in [6.45, 7) is 0.201. The van der Waals surface area contributed by atoms with E-state index in [9.17, 15) is 4.79 Å². The van der Waals surface area contributed by atoms with Gasteiger partial charge in [-0.3, -0.25) is 4.79 Å². The summed E-state index contributed by atoms with van der Waals surface area (Å²) in [6, 6.07) is 7.44. The standard InChI is InChI=1S/C16H19N3O2/c1-21-13-7-5-12(6-8-13)17-10-16(20)19-18-15-9-11-3-2-4-14(11)15/h2,4-8,11,14,17H,3,9-10H2,1H3,(H,19,20)/b18-15-/t11-,14-/m1/s1. The van der Waals surface area contributed by atoms with Crippen LogP contribution < -0.4 is 15.5 Å². The largest absolute Gasteiger partial charge is 0.497 e. The van der Waals surface area contributed by atoms with Crippen molar-refractivity contribution in [2.45, 2.75) is 12.8 Å². The number of ether oxygens (including phenoxy) is 1. The number of carbonyl (C=O) groups excluding carboxylic acids is 1. The predicted molar refractivity (Wildman–Crippen MR) is 82.4 cm³/mol. The van der Waals surface area contributed by atoms with Crippen molar-refractivity contribution in [1.29, 1.82) is 0 Å². The molecule has 0 spiro atoms. The second-order valence-electron chi connectivity index (χ2n) is 5.37. The monoisotopic (exact) mass is 285 g/mol. The molecular weight excluding hydrogens is 266 g/mol. The molecule has 1 aromatic carbocycles. The van der Waals surface area contributed by atoms with Gasteiger partial charge in [0.1, 0.15) is 5.75 Å². The molecule has 0 aromatic heterocycles. The number of carbonyl (C=O) groups is 1. The Labute approximate surface area is 124 Å². The molecule has 2 aliphatic rings. The van der Waals surface area contributed by atoms with Crippen LogP contribution in [-0.4, -0.2) is 25.3 Å². The van der Waals surface area contributed by atoms with Gasteiger partial charge in [0.05, 0.1) is 13.7 Å². The van der Waals surface area contributed by atoms with Crippen LogP contribution in [0, 0.1) is 11.8 Å². The summed E-state index contributed by atoms with van der Waals surface area (Å²) in [5.41, 5.74) is 4.58.